The number of hydrogen-bond donors (Lipinski definition) is 0. The van der Waals surface area contributed by atoms with Gasteiger partial charge in [0.2, 0.25) is 0 Å². The smallest absolute Gasteiger partial charge is 0.255 e. The second-order valence-corrected chi connectivity index (χ2v) is 9.70. The zero-order valence-electron chi connectivity index (χ0n) is 20.2. The number of methoxy groups -OCH3 is 1. The van der Waals surface area contributed by atoms with Gasteiger partial charge < -0.3 is 23.8 Å². The van der Waals surface area contributed by atoms with E-state index in [1.165, 1.54) is 0 Å². The first-order valence-corrected chi connectivity index (χ1v) is 12.1. The molecule has 0 N–H and O–H groups in total. The Bertz CT molecular complexity index is 1070. The van der Waals surface area contributed by atoms with Crippen LogP contribution in [0.2, 0.25) is 0 Å². The maximum atomic E-state index is 13.6. The standard InChI is InChI=1S/C28H33NO5/c1-20-4-9-25-24(16-20)26(30)29(27(25)10-12-28(13-11-27)33-14-15-34-28)17-21(2)18-32-19-22-5-7-23(31-3)8-6-22/h4-10,12,16,21H,11,13-15,17-19H2,1-3H3/t21-,27?/m1/s1. The topological polar surface area (TPSA) is 57.2 Å². The van der Waals surface area contributed by atoms with E-state index in [2.05, 4.69) is 25.1 Å². The van der Waals surface area contributed by atoms with Gasteiger partial charge in [-0.1, -0.05) is 42.8 Å². The lowest BCUT2D eigenvalue weighted by molar-refractivity contribution is -0.132. The average molecular weight is 464 g/mol. The van der Waals surface area contributed by atoms with E-state index in [9.17, 15) is 4.79 Å². The molecule has 1 amide bonds. The lowest BCUT2D eigenvalue weighted by Crippen LogP contribution is -2.49. The minimum Gasteiger partial charge on any atom is -0.497 e. The average Bonchev–Trinajstić information content (AvgIpc) is 3.39. The van der Waals surface area contributed by atoms with Gasteiger partial charge in [-0.15, -0.1) is 0 Å². The van der Waals surface area contributed by atoms with Crippen molar-refractivity contribution in [3.8, 4) is 5.75 Å². The van der Waals surface area contributed by atoms with Crippen LogP contribution in [0.5, 0.6) is 5.75 Å². The molecule has 2 heterocycles. The van der Waals surface area contributed by atoms with E-state index in [1.54, 1.807) is 7.11 Å². The van der Waals surface area contributed by atoms with Crippen molar-refractivity contribution in [2.24, 2.45) is 5.92 Å². The molecular weight excluding hydrogens is 430 g/mol. The number of carbonyl (C=O) groups is 1. The molecular formula is C28H33NO5. The van der Waals surface area contributed by atoms with Crippen LogP contribution >= 0.6 is 0 Å². The molecule has 3 aliphatic rings. The van der Waals surface area contributed by atoms with E-state index in [1.807, 2.05) is 48.2 Å². The van der Waals surface area contributed by atoms with E-state index < -0.39 is 11.3 Å². The third-order valence-corrected chi connectivity index (χ3v) is 7.17. The summed E-state index contributed by atoms with van der Waals surface area (Å²) in [4.78, 5) is 15.6. The number of rotatable bonds is 7. The maximum absolute atomic E-state index is 13.6. The van der Waals surface area contributed by atoms with Gasteiger partial charge in [-0.25, -0.2) is 0 Å². The zero-order valence-corrected chi connectivity index (χ0v) is 20.2. The molecule has 0 saturated carbocycles. The van der Waals surface area contributed by atoms with Crippen molar-refractivity contribution in [3.05, 3.63) is 76.9 Å². The van der Waals surface area contributed by atoms with Gasteiger partial charge in [0.05, 0.1) is 39.1 Å². The van der Waals surface area contributed by atoms with Gasteiger partial charge in [0.1, 0.15) is 5.75 Å². The number of aryl methyl sites for hydroxylation is 1. The van der Waals surface area contributed by atoms with Crippen LogP contribution in [0.25, 0.3) is 0 Å². The Hall–Kier alpha value is -2.67. The predicted octanol–water partition coefficient (Wildman–Crippen LogP) is 4.60. The van der Waals surface area contributed by atoms with Crippen molar-refractivity contribution < 1.29 is 23.7 Å². The highest BCUT2D eigenvalue weighted by Crippen LogP contribution is 2.49. The Morgan fingerprint density at radius 3 is 2.50 bits per heavy atom. The number of ether oxygens (including phenoxy) is 4. The molecule has 5 rings (SSSR count). The minimum absolute atomic E-state index is 0.0922. The van der Waals surface area contributed by atoms with Crippen LogP contribution in [0.3, 0.4) is 0 Å². The maximum Gasteiger partial charge on any atom is 0.255 e. The van der Waals surface area contributed by atoms with Crippen LogP contribution in [-0.4, -0.2) is 50.1 Å². The number of fused-ring (bicyclic) bond motifs is 2. The summed E-state index contributed by atoms with van der Waals surface area (Å²) >= 11 is 0. The SMILES string of the molecule is COc1ccc(COC[C@H](C)CN2C(=O)c3cc(C)ccc3C23C=CC2(CC3)OCCO2)cc1. The van der Waals surface area contributed by atoms with Gasteiger partial charge >= 0.3 is 0 Å². The highest BCUT2D eigenvalue weighted by Gasteiger charge is 2.52. The monoisotopic (exact) mass is 463 g/mol. The number of amides is 1. The molecule has 2 aromatic carbocycles. The van der Waals surface area contributed by atoms with Crippen LogP contribution in [0.1, 0.15) is 46.8 Å². The van der Waals surface area contributed by atoms with Gasteiger partial charge in [-0.05, 0) is 54.7 Å². The van der Waals surface area contributed by atoms with Crippen molar-refractivity contribution in [2.45, 2.75) is 44.6 Å². The van der Waals surface area contributed by atoms with Crippen LogP contribution in [-0.2, 0) is 26.4 Å². The van der Waals surface area contributed by atoms with Crippen LogP contribution in [0, 0.1) is 12.8 Å². The summed E-state index contributed by atoms with van der Waals surface area (Å²) in [6.45, 7) is 7.11. The molecule has 34 heavy (non-hydrogen) atoms. The fraction of sp³-hybridized carbons (Fsp3) is 0.464. The normalized spacial score (nSPS) is 23.6. The lowest BCUT2D eigenvalue weighted by Gasteiger charge is -2.43. The first kappa shape index (κ1) is 23.1. The third-order valence-electron chi connectivity index (χ3n) is 7.17. The van der Waals surface area contributed by atoms with E-state index in [0.717, 1.165) is 40.8 Å². The minimum atomic E-state index is -0.638. The second-order valence-electron chi connectivity index (χ2n) is 9.70. The molecule has 0 radical (unpaired) electrons. The van der Waals surface area contributed by atoms with Crippen molar-refractivity contribution in [2.75, 3.05) is 33.5 Å². The number of carbonyl (C=O) groups excluding carboxylic acids is 1. The molecule has 1 unspecified atom stereocenters. The number of hydrogen-bond acceptors (Lipinski definition) is 5. The molecule has 6 nitrogen and oxygen atoms in total. The molecule has 2 spiro atoms. The van der Waals surface area contributed by atoms with E-state index in [4.69, 9.17) is 18.9 Å². The molecule has 2 atom stereocenters. The summed E-state index contributed by atoms with van der Waals surface area (Å²) in [5, 5.41) is 0. The fourth-order valence-corrected chi connectivity index (χ4v) is 5.35. The van der Waals surface area contributed by atoms with Gasteiger partial charge in [-0.2, -0.15) is 0 Å². The molecule has 180 valence electrons. The Morgan fingerprint density at radius 2 is 1.82 bits per heavy atom. The third kappa shape index (κ3) is 4.15. The van der Waals surface area contributed by atoms with Crippen molar-refractivity contribution >= 4 is 5.91 Å². The molecule has 2 aliphatic heterocycles. The summed E-state index contributed by atoms with van der Waals surface area (Å²) in [6, 6.07) is 14.1. The van der Waals surface area contributed by atoms with Gasteiger partial charge in [-0.3, -0.25) is 4.79 Å². The van der Waals surface area contributed by atoms with Crippen molar-refractivity contribution in [3.63, 3.8) is 0 Å². The molecule has 1 aliphatic carbocycles. The number of nitrogens with zero attached hydrogens (tertiary/aromatic N) is 1. The summed E-state index contributed by atoms with van der Waals surface area (Å²) in [7, 11) is 1.66. The van der Waals surface area contributed by atoms with Crippen LogP contribution in [0.4, 0.5) is 0 Å². The van der Waals surface area contributed by atoms with E-state index >= 15 is 0 Å². The lowest BCUT2D eigenvalue weighted by atomic mass is 9.79. The Labute approximate surface area is 201 Å². The molecule has 0 aromatic heterocycles. The van der Waals surface area contributed by atoms with Gasteiger partial charge in [0, 0.05) is 18.5 Å². The van der Waals surface area contributed by atoms with Crippen LogP contribution in [0.15, 0.2) is 54.6 Å². The van der Waals surface area contributed by atoms with E-state index in [0.29, 0.717) is 33.0 Å². The zero-order chi connectivity index (χ0) is 23.8. The Balaban J connectivity index is 1.31. The summed E-state index contributed by atoms with van der Waals surface area (Å²) in [5.41, 5.74) is 3.62. The van der Waals surface area contributed by atoms with Gasteiger partial charge in [0.15, 0.2) is 5.79 Å². The number of benzene rings is 2. The molecule has 1 fully saturated rings. The first-order valence-electron chi connectivity index (χ1n) is 12.1. The quantitative estimate of drug-likeness (QED) is 0.562. The molecule has 0 bridgehead atoms. The Morgan fingerprint density at radius 1 is 1.06 bits per heavy atom. The Kier molecular flexibility index (Phi) is 6.23. The summed E-state index contributed by atoms with van der Waals surface area (Å²) in [6.07, 6.45) is 5.67. The highest BCUT2D eigenvalue weighted by atomic mass is 16.7. The van der Waals surface area contributed by atoms with Gasteiger partial charge in [0.25, 0.3) is 5.91 Å². The van der Waals surface area contributed by atoms with Crippen molar-refractivity contribution in [1.82, 2.24) is 4.90 Å². The predicted molar refractivity (Wildman–Crippen MR) is 129 cm³/mol. The van der Waals surface area contributed by atoms with E-state index in [-0.39, 0.29) is 11.8 Å². The highest BCUT2D eigenvalue weighted by molar-refractivity contribution is 6.00. The summed E-state index contributed by atoms with van der Waals surface area (Å²) in [5.74, 6) is 0.466. The molecule has 6 heteroatoms. The largest absolute Gasteiger partial charge is 0.497 e. The molecule has 2 aromatic rings. The fourth-order valence-electron chi connectivity index (χ4n) is 5.35. The molecule has 1 saturated heterocycles. The first-order chi connectivity index (χ1) is 16.4. The second kappa shape index (κ2) is 9.17. The van der Waals surface area contributed by atoms with Crippen molar-refractivity contribution in [1.29, 1.82) is 0 Å². The van der Waals surface area contributed by atoms with Crippen LogP contribution < -0.4 is 4.74 Å². The summed E-state index contributed by atoms with van der Waals surface area (Å²) < 4.78 is 23.0.